The van der Waals surface area contributed by atoms with Crippen LogP contribution >= 0.6 is 0 Å². The molecule has 2 heteroatoms. The van der Waals surface area contributed by atoms with Crippen LogP contribution in [0.4, 0.5) is 4.39 Å². The minimum absolute atomic E-state index is 0.127. The van der Waals surface area contributed by atoms with Crippen molar-refractivity contribution in [3.63, 3.8) is 0 Å². The van der Waals surface area contributed by atoms with Crippen LogP contribution < -0.4 is 5.32 Å². The van der Waals surface area contributed by atoms with Crippen molar-refractivity contribution in [2.24, 2.45) is 0 Å². The summed E-state index contributed by atoms with van der Waals surface area (Å²) in [7, 11) is 1.85. The third-order valence-electron chi connectivity index (χ3n) is 2.30. The van der Waals surface area contributed by atoms with Crippen molar-refractivity contribution in [3.05, 3.63) is 0 Å². The maximum Gasteiger partial charge on any atom is 0.115 e. The molecule has 0 aromatic rings. The van der Waals surface area contributed by atoms with Crippen molar-refractivity contribution in [1.29, 1.82) is 0 Å². The van der Waals surface area contributed by atoms with Gasteiger partial charge in [-0.1, -0.05) is 19.3 Å². The summed E-state index contributed by atoms with van der Waals surface area (Å²) < 4.78 is 13.0. The molecule has 60 valence electrons. The highest BCUT2D eigenvalue weighted by Gasteiger charge is 2.20. The van der Waals surface area contributed by atoms with Gasteiger partial charge in [-0.2, -0.15) is 0 Å². The van der Waals surface area contributed by atoms with E-state index in [4.69, 9.17) is 0 Å². The summed E-state index contributed by atoms with van der Waals surface area (Å²) in [6, 6.07) is 0.127. The molecular formula is C8H16FN. The molecule has 10 heavy (non-hydrogen) atoms. The summed E-state index contributed by atoms with van der Waals surface area (Å²) in [6.07, 6.45) is 4.63. The van der Waals surface area contributed by atoms with E-state index in [-0.39, 0.29) is 6.04 Å². The largest absolute Gasteiger partial charge is 0.314 e. The van der Waals surface area contributed by atoms with E-state index >= 15 is 0 Å². The number of nitrogens with one attached hydrogen (secondary N) is 1. The van der Waals surface area contributed by atoms with Crippen molar-refractivity contribution < 1.29 is 4.39 Å². The number of alkyl halides is 1. The first-order chi connectivity index (χ1) is 4.84. The van der Waals surface area contributed by atoms with E-state index in [9.17, 15) is 4.39 Å². The van der Waals surface area contributed by atoms with Crippen LogP contribution in [0.2, 0.25) is 0 Å². The van der Waals surface area contributed by atoms with Gasteiger partial charge in [-0.15, -0.1) is 0 Å². The Morgan fingerprint density at radius 1 is 1.20 bits per heavy atom. The lowest BCUT2D eigenvalue weighted by Gasteiger charge is -2.16. The monoisotopic (exact) mass is 145 g/mol. The maximum absolute atomic E-state index is 13.0. The van der Waals surface area contributed by atoms with Gasteiger partial charge in [-0.25, -0.2) is 4.39 Å². The number of rotatable bonds is 1. The predicted octanol–water partition coefficient (Wildman–Crippen LogP) is 1.88. The molecule has 0 radical (unpaired) electrons. The molecule has 0 bridgehead atoms. The summed E-state index contributed by atoms with van der Waals surface area (Å²) in [5, 5.41) is 3.02. The molecule has 1 N–H and O–H groups in total. The lowest BCUT2D eigenvalue weighted by molar-refractivity contribution is 0.244. The summed E-state index contributed by atoms with van der Waals surface area (Å²) in [5.41, 5.74) is 0. The summed E-state index contributed by atoms with van der Waals surface area (Å²) in [4.78, 5) is 0. The minimum atomic E-state index is -0.604. The molecule has 1 saturated carbocycles. The van der Waals surface area contributed by atoms with Gasteiger partial charge in [0, 0.05) is 6.04 Å². The number of halogens is 1. The topological polar surface area (TPSA) is 12.0 Å². The summed E-state index contributed by atoms with van der Waals surface area (Å²) >= 11 is 0. The van der Waals surface area contributed by atoms with Gasteiger partial charge in [-0.3, -0.25) is 0 Å². The van der Waals surface area contributed by atoms with E-state index in [0.29, 0.717) is 0 Å². The van der Waals surface area contributed by atoms with Crippen molar-refractivity contribution >= 4 is 0 Å². The minimum Gasteiger partial charge on any atom is -0.314 e. The van der Waals surface area contributed by atoms with E-state index < -0.39 is 6.17 Å². The van der Waals surface area contributed by atoms with E-state index in [2.05, 4.69) is 5.32 Å². The molecule has 1 nitrogen and oxygen atoms in total. The highest BCUT2D eigenvalue weighted by molar-refractivity contribution is 4.77. The first kappa shape index (κ1) is 7.99. The Labute approximate surface area is 62.0 Å². The zero-order chi connectivity index (χ0) is 7.40. The number of hydrogen-bond donors (Lipinski definition) is 1. The normalized spacial score (nSPS) is 35.4. The highest BCUT2D eigenvalue weighted by Crippen LogP contribution is 2.19. The molecule has 1 aliphatic carbocycles. The van der Waals surface area contributed by atoms with Crippen LogP contribution in [0.25, 0.3) is 0 Å². The van der Waals surface area contributed by atoms with Crippen LogP contribution in [-0.4, -0.2) is 19.3 Å². The average Bonchev–Trinajstić information content (AvgIpc) is 2.13. The number of hydrogen-bond acceptors (Lipinski definition) is 1. The second-order valence-electron chi connectivity index (χ2n) is 3.05. The molecule has 0 aromatic heterocycles. The third kappa shape index (κ3) is 1.94. The first-order valence-corrected chi connectivity index (χ1v) is 4.16. The highest BCUT2D eigenvalue weighted by atomic mass is 19.1. The van der Waals surface area contributed by atoms with Crippen molar-refractivity contribution in [2.75, 3.05) is 7.05 Å². The van der Waals surface area contributed by atoms with Gasteiger partial charge in [0.05, 0.1) is 0 Å². The fourth-order valence-corrected chi connectivity index (χ4v) is 1.59. The van der Waals surface area contributed by atoms with Gasteiger partial charge in [0.2, 0.25) is 0 Å². The second kappa shape index (κ2) is 3.91. The van der Waals surface area contributed by atoms with Gasteiger partial charge in [0.15, 0.2) is 0 Å². The van der Waals surface area contributed by atoms with Gasteiger partial charge >= 0.3 is 0 Å². The second-order valence-corrected chi connectivity index (χ2v) is 3.05. The molecule has 1 rings (SSSR count). The average molecular weight is 145 g/mol. The lowest BCUT2D eigenvalue weighted by atomic mass is 10.1. The standard InChI is InChI=1S/C8H16FN/c1-10-8-6-4-2-3-5-7(8)9/h7-8,10H,2-6H2,1H3. The Balaban J connectivity index is 2.35. The molecule has 0 aliphatic heterocycles. The smallest absolute Gasteiger partial charge is 0.115 e. The molecule has 0 heterocycles. The van der Waals surface area contributed by atoms with Crippen LogP contribution in [0.15, 0.2) is 0 Å². The Bertz CT molecular complexity index is 95.3. The SMILES string of the molecule is CNC1CCCCCC1F. The van der Waals surface area contributed by atoms with E-state index in [1.165, 1.54) is 12.8 Å². The van der Waals surface area contributed by atoms with Crippen molar-refractivity contribution in [3.8, 4) is 0 Å². The Hall–Kier alpha value is -0.110. The molecule has 2 unspecified atom stereocenters. The molecule has 1 fully saturated rings. The zero-order valence-corrected chi connectivity index (χ0v) is 6.57. The fraction of sp³-hybridized carbons (Fsp3) is 1.00. The molecule has 1 aliphatic rings. The van der Waals surface area contributed by atoms with Gasteiger partial charge in [0.25, 0.3) is 0 Å². The zero-order valence-electron chi connectivity index (χ0n) is 6.57. The third-order valence-corrected chi connectivity index (χ3v) is 2.30. The van der Waals surface area contributed by atoms with Gasteiger partial charge in [0.1, 0.15) is 6.17 Å². The van der Waals surface area contributed by atoms with Crippen molar-refractivity contribution in [1.82, 2.24) is 5.32 Å². The first-order valence-electron chi connectivity index (χ1n) is 4.16. The van der Waals surface area contributed by atoms with E-state index in [0.717, 1.165) is 19.3 Å². The summed E-state index contributed by atoms with van der Waals surface area (Å²) in [5.74, 6) is 0. The predicted molar refractivity (Wildman–Crippen MR) is 40.8 cm³/mol. The molecule has 2 atom stereocenters. The quantitative estimate of drug-likeness (QED) is 0.555. The van der Waals surface area contributed by atoms with Gasteiger partial charge in [-0.05, 0) is 19.9 Å². The van der Waals surface area contributed by atoms with Crippen LogP contribution in [0.3, 0.4) is 0 Å². The molecule has 0 saturated heterocycles. The van der Waals surface area contributed by atoms with Crippen LogP contribution in [0, 0.1) is 0 Å². The van der Waals surface area contributed by atoms with Crippen LogP contribution in [0.5, 0.6) is 0 Å². The molecule has 0 amide bonds. The molecule has 0 spiro atoms. The Morgan fingerprint density at radius 3 is 2.60 bits per heavy atom. The fourth-order valence-electron chi connectivity index (χ4n) is 1.59. The van der Waals surface area contributed by atoms with E-state index in [1.54, 1.807) is 0 Å². The van der Waals surface area contributed by atoms with E-state index in [1.807, 2.05) is 7.05 Å². The van der Waals surface area contributed by atoms with Crippen LogP contribution in [0.1, 0.15) is 32.1 Å². The lowest BCUT2D eigenvalue weighted by Crippen LogP contribution is -2.33. The molecule has 0 aromatic carbocycles. The maximum atomic E-state index is 13.0. The molecular weight excluding hydrogens is 129 g/mol. The van der Waals surface area contributed by atoms with Crippen molar-refractivity contribution in [2.45, 2.75) is 44.3 Å². The van der Waals surface area contributed by atoms with Gasteiger partial charge < -0.3 is 5.32 Å². The summed E-state index contributed by atoms with van der Waals surface area (Å²) in [6.45, 7) is 0. The Kier molecular flexibility index (Phi) is 3.13. The van der Waals surface area contributed by atoms with Crippen LogP contribution in [-0.2, 0) is 0 Å². The Morgan fingerprint density at radius 2 is 1.90 bits per heavy atom.